The van der Waals surface area contributed by atoms with Crippen molar-refractivity contribution in [2.75, 3.05) is 0 Å². The quantitative estimate of drug-likeness (QED) is 0.602. The van der Waals surface area contributed by atoms with Crippen LogP contribution in [-0.2, 0) is 16.1 Å². The van der Waals surface area contributed by atoms with Crippen molar-refractivity contribution in [2.24, 2.45) is 0 Å². The summed E-state index contributed by atoms with van der Waals surface area (Å²) in [7, 11) is 0. The zero-order valence-electron chi connectivity index (χ0n) is 8.35. The summed E-state index contributed by atoms with van der Waals surface area (Å²) in [6.07, 6.45) is 2.21. The summed E-state index contributed by atoms with van der Waals surface area (Å²) < 4.78 is 0. The summed E-state index contributed by atoms with van der Waals surface area (Å²) in [5, 5.41) is 0.401. The molecular formula is C10H10Cl2N2O2. The number of nitrogens with zero attached hydrogens (tertiary/aromatic N) is 2. The van der Waals surface area contributed by atoms with E-state index in [-0.39, 0.29) is 24.2 Å². The smallest absolute Gasteiger partial charge is 0.229 e. The Hall–Kier alpha value is -1.13. The van der Waals surface area contributed by atoms with E-state index in [1.807, 2.05) is 0 Å². The number of hydrogen-bond donors (Lipinski definition) is 0. The molecule has 1 aromatic rings. The van der Waals surface area contributed by atoms with Crippen LogP contribution in [0.5, 0.6) is 0 Å². The Morgan fingerprint density at radius 3 is 2.38 bits per heavy atom. The van der Waals surface area contributed by atoms with Gasteiger partial charge in [-0.3, -0.25) is 14.5 Å². The van der Waals surface area contributed by atoms with E-state index in [1.54, 1.807) is 18.3 Å². The lowest BCUT2D eigenvalue weighted by molar-refractivity contribution is -0.139. The first-order valence-electron chi connectivity index (χ1n) is 4.60. The maximum Gasteiger partial charge on any atom is 0.229 e. The van der Waals surface area contributed by atoms with Crippen LogP contribution in [0.3, 0.4) is 0 Å². The fourth-order valence-corrected chi connectivity index (χ4v) is 1.59. The number of rotatable bonds is 2. The third kappa shape index (κ3) is 2.71. The normalized spacial score (nSPS) is 15.2. The summed E-state index contributed by atoms with van der Waals surface area (Å²) in [6.45, 7) is 0.293. The monoisotopic (exact) mass is 260 g/mol. The molecule has 0 saturated carbocycles. The first-order valence-corrected chi connectivity index (χ1v) is 4.98. The molecule has 1 aliphatic heterocycles. The number of hydrogen-bond acceptors (Lipinski definition) is 3. The highest BCUT2D eigenvalue weighted by molar-refractivity contribution is 6.29. The van der Waals surface area contributed by atoms with Gasteiger partial charge in [0.15, 0.2) is 0 Å². The van der Waals surface area contributed by atoms with Crippen LogP contribution in [0.2, 0.25) is 5.15 Å². The predicted molar refractivity (Wildman–Crippen MR) is 61.3 cm³/mol. The molecule has 0 aliphatic carbocycles. The Bertz CT molecular complexity index is 390. The van der Waals surface area contributed by atoms with Gasteiger partial charge in [0, 0.05) is 19.0 Å². The van der Waals surface area contributed by atoms with E-state index < -0.39 is 0 Å². The maximum absolute atomic E-state index is 11.3. The van der Waals surface area contributed by atoms with Crippen molar-refractivity contribution < 1.29 is 9.59 Å². The topological polar surface area (TPSA) is 50.3 Å². The molecule has 16 heavy (non-hydrogen) atoms. The van der Waals surface area contributed by atoms with Crippen LogP contribution >= 0.6 is 24.0 Å². The summed E-state index contributed by atoms with van der Waals surface area (Å²) >= 11 is 5.63. The molecule has 2 amide bonds. The average Bonchev–Trinajstić information content (AvgIpc) is 2.53. The molecular weight excluding hydrogens is 251 g/mol. The van der Waals surface area contributed by atoms with Gasteiger partial charge < -0.3 is 0 Å². The molecule has 0 aromatic carbocycles. The van der Waals surface area contributed by atoms with Gasteiger partial charge in [-0.2, -0.15) is 0 Å². The number of aromatic nitrogens is 1. The fraction of sp³-hybridized carbons (Fsp3) is 0.300. The van der Waals surface area contributed by atoms with Crippen molar-refractivity contribution in [3.05, 3.63) is 29.0 Å². The first kappa shape index (κ1) is 12.9. The maximum atomic E-state index is 11.3. The molecule has 2 rings (SSSR count). The molecule has 1 aliphatic rings. The van der Waals surface area contributed by atoms with E-state index in [1.165, 1.54) is 4.90 Å². The lowest BCUT2D eigenvalue weighted by Crippen LogP contribution is -2.28. The zero-order valence-corrected chi connectivity index (χ0v) is 9.92. The van der Waals surface area contributed by atoms with E-state index in [0.717, 1.165) is 5.56 Å². The third-order valence-electron chi connectivity index (χ3n) is 2.28. The first-order chi connectivity index (χ1) is 7.16. The number of imide groups is 1. The van der Waals surface area contributed by atoms with Crippen molar-refractivity contribution in [1.82, 2.24) is 9.88 Å². The van der Waals surface area contributed by atoms with E-state index in [2.05, 4.69) is 4.98 Å². The van der Waals surface area contributed by atoms with Gasteiger partial charge in [0.1, 0.15) is 5.15 Å². The molecule has 0 spiro atoms. The molecule has 1 saturated heterocycles. The fourth-order valence-electron chi connectivity index (χ4n) is 1.48. The Balaban J connectivity index is 0.00000128. The number of pyridine rings is 1. The Labute approximate surface area is 104 Å². The molecule has 6 heteroatoms. The van der Waals surface area contributed by atoms with Crippen molar-refractivity contribution in [1.29, 1.82) is 0 Å². The Morgan fingerprint density at radius 1 is 1.25 bits per heavy atom. The van der Waals surface area contributed by atoms with Crippen LogP contribution < -0.4 is 0 Å². The highest BCUT2D eigenvalue weighted by Crippen LogP contribution is 2.15. The summed E-state index contributed by atoms with van der Waals surface area (Å²) in [6, 6.07) is 3.40. The molecule has 1 aromatic heterocycles. The van der Waals surface area contributed by atoms with E-state index in [4.69, 9.17) is 11.6 Å². The van der Waals surface area contributed by atoms with Crippen LogP contribution in [0.4, 0.5) is 0 Å². The Kier molecular flexibility index (Phi) is 4.26. The number of likely N-dealkylation sites (tertiary alicyclic amines) is 1. The second kappa shape index (κ2) is 5.27. The van der Waals surface area contributed by atoms with Crippen LogP contribution in [0.25, 0.3) is 0 Å². The predicted octanol–water partition coefficient (Wildman–Crippen LogP) is 1.81. The lowest BCUT2D eigenvalue weighted by atomic mass is 10.3. The molecule has 0 N–H and O–H groups in total. The van der Waals surface area contributed by atoms with Crippen molar-refractivity contribution >= 4 is 35.8 Å². The minimum Gasteiger partial charge on any atom is -0.278 e. The second-order valence-corrected chi connectivity index (χ2v) is 3.75. The van der Waals surface area contributed by atoms with E-state index >= 15 is 0 Å². The standard InChI is InChI=1S/C10H9ClN2O2.ClH/c11-8-2-1-7(5-12-8)6-13-9(14)3-4-10(13)15;/h1-2,5H,3-4,6H2;1H. The van der Waals surface area contributed by atoms with Crippen molar-refractivity contribution in [3.63, 3.8) is 0 Å². The van der Waals surface area contributed by atoms with Crippen molar-refractivity contribution in [3.8, 4) is 0 Å². The minimum atomic E-state index is -0.116. The zero-order chi connectivity index (χ0) is 10.8. The van der Waals surface area contributed by atoms with Gasteiger partial charge in [-0.1, -0.05) is 17.7 Å². The molecule has 0 radical (unpaired) electrons. The summed E-state index contributed by atoms with van der Waals surface area (Å²) in [5.74, 6) is -0.232. The second-order valence-electron chi connectivity index (χ2n) is 3.36. The van der Waals surface area contributed by atoms with Gasteiger partial charge >= 0.3 is 0 Å². The largest absolute Gasteiger partial charge is 0.278 e. The summed E-state index contributed by atoms with van der Waals surface area (Å²) in [4.78, 5) is 27.8. The molecule has 0 bridgehead atoms. The van der Waals surface area contributed by atoms with E-state index in [0.29, 0.717) is 24.5 Å². The van der Waals surface area contributed by atoms with Crippen LogP contribution in [0, 0.1) is 0 Å². The van der Waals surface area contributed by atoms with Crippen LogP contribution in [0.1, 0.15) is 18.4 Å². The number of amides is 2. The van der Waals surface area contributed by atoms with Gasteiger partial charge in [0.25, 0.3) is 0 Å². The molecule has 4 nitrogen and oxygen atoms in total. The van der Waals surface area contributed by atoms with Crippen LogP contribution in [-0.4, -0.2) is 21.7 Å². The average molecular weight is 261 g/mol. The number of carbonyl (C=O) groups excluding carboxylic acids is 2. The van der Waals surface area contributed by atoms with Crippen molar-refractivity contribution in [2.45, 2.75) is 19.4 Å². The molecule has 0 atom stereocenters. The number of halogens is 2. The van der Waals surface area contributed by atoms with E-state index in [9.17, 15) is 9.59 Å². The Morgan fingerprint density at radius 2 is 1.88 bits per heavy atom. The third-order valence-corrected chi connectivity index (χ3v) is 2.51. The summed E-state index contributed by atoms with van der Waals surface area (Å²) in [5.41, 5.74) is 0.808. The van der Waals surface area contributed by atoms with Crippen LogP contribution in [0.15, 0.2) is 18.3 Å². The molecule has 0 unspecified atom stereocenters. The number of carbonyl (C=O) groups is 2. The highest BCUT2D eigenvalue weighted by atomic mass is 35.5. The van der Waals surface area contributed by atoms with Gasteiger partial charge in [0.2, 0.25) is 11.8 Å². The van der Waals surface area contributed by atoms with Gasteiger partial charge in [0.05, 0.1) is 6.54 Å². The molecule has 86 valence electrons. The minimum absolute atomic E-state index is 0. The van der Waals surface area contributed by atoms with Gasteiger partial charge in [-0.25, -0.2) is 4.98 Å². The van der Waals surface area contributed by atoms with Gasteiger partial charge in [-0.15, -0.1) is 12.4 Å². The molecule has 2 heterocycles. The van der Waals surface area contributed by atoms with Gasteiger partial charge in [-0.05, 0) is 11.6 Å². The lowest BCUT2D eigenvalue weighted by Gasteiger charge is -2.12. The molecule has 1 fully saturated rings. The SMILES string of the molecule is Cl.O=C1CCC(=O)N1Cc1ccc(Cl)nc1. The highest BCUT2D eigenvalue weighted by Gasteiger charge is 2.28.